The van der Waals surface area contributed by atoms with Gasteiger partial charge in [-0.05, 0) is 11.4 Å². The SMILES string of the molecule is O=C(CNC(=O)c1cccs1)NCCOCCO. The minimum absolute atomic E-state index is 0.0369. The molecular weight excluding hydrogens is 256 g/mol. The molecule has 1 heterocycles. The van der Waals surface area contributed by atoms with Crippen LogP contribution in [0, 0.1) is 0 Å². The number of carbonyl (C=O) groups is 2. The molecule has 1 rings (SSSR count). The highest BCUT2D eigenvalue weighted by Crippen LogP contribution is 2.07. The summed E-state index contributed by atoms with van der Waals surface area (Å²) in [6.07, 6.45) is 0. The molecule has 0 unspecified atom stereocenters. The van der Waals surface area contributed by atoms with Crippen LogP contribution in [-0.4, -0.2) is 49.8 Å². The van der Waals surface area contributed by atoms with Gasteiger partial charge in [-0.15, -0.1) is 11.3 Å². The van der Waals surface area contributed by atoms with Crippen molar-refractivity contribution in [2.75, 3.05) is 32.9 Å². The summed E-state index contributed by atoms with van der Waals surface area (Å²) in [5.41, 5.74) is 0. The Morgan fingerprint density at radius 3 is 2.83 bits per heavy atom. The van der Waals surface area contributed by atoms with E-state index in [1.54, 1.807) is 17.5 Å². The quantitative estimate of drug-likeness (QED) is 0.562. The van der Waals surface area contributed by atoms with E-state index in [9.17, 15) is 9.59 Å². The van der Waals surface area contributed by atoms with Crippen molar-refractivity contribution in [3.8, 4) is 0 Å². The fraction of sp³-hybridized carbons (Fsp3) is 0.455. The summed E-state index contributed by atoms with van der Waals surface area (Å²) in [5.74, 6) is -0.524. The molecule has 0 aliphatic rings. The zero-order valence-corrected chi connectivity index (χ0v) is 10.7. The lowest BCUT2D eigenvalue weighted by atomic mass is 10.4. The summed E-state index contributed by atoms with van der Waals surface area (Å²) in [6, 6.07) is 3.47. The third-order valence-corrected chi connectivity index (χ3v) is 2.83. The van der Waals surface area contributed by atoms with Crippen molar-refractivity contribution in [2.24, 2.45) is 0 Å². The van der Waals surface area contributed by atoms with E-state index in [2.05, 4.69) is 10.6 Å². The first kappa shape index (κ1) is 14.6. The molecule has 0 radical (unpaired) electrons. The fourth-order valence-electron chi connectivity index (χ4n) is 1.15. The van der Waals surface area contributed by atoms with Gasteiger partial charge in [0.05, 0.1) is 31.2 Å². The van der Waals surface area contributed by atoms with Crippen molar-refractivity contribution in [3.05, 3.63) is 22.4 Å². The maximum absolute atomic E-state index is 11.5. The van der Waals surface area contributed by atoms with Gasteiger partial charge in [-0.3, -0.25) is 9.59 Å². The largest absolute Gasteiger partial charge is 0.394 e. The first-order valence-corrected chi connectivity index (χ1v) is 6.39. The number of aliphatic hydroxyl groups excluding tert-OH is 1. The Morgan fingerprint density at radius 2 is 2.17 bits per heavy atom. The first-order chi connectivity index (χ1) is 8.74. The molecule has 1 aromatic rings. The van der Waals surface area contributed by atoms with E-state index in [4.69, 9.17) is 9.84 Å². The van der Waals surface area contributed by atoms with Gasteiger partial charge in [-0.25, -0.2) is 0 Å². The van der Waals surface area contributed by atoms with Crippen LogP contribution in [0.1, 0.15) is 9.67 Å². The molecule has 0 aromatic carbocycles. The lowest BCUT2D eigenvalue weighted by Crippen LogP contribution is -2.38. The topological polar surface area (TPSA) is 87.7 Å². The van der Waals surface area contributed by atoms with Gasteiger partial charge in [-0.2, -0.15) is 0 Å². The highest BCUT2D eigenvalue weighted by atomic mass is 32.1. The Kier molecular flexibility index (Phi) is 7.00. The number of thiophene rings is 1. The molecule has 100 valence electrons. The van der Waals surface area contributed by atoms with Gasteiger partial charge in [-0.1, -0.05) is 6.07 Å². The van der Waals surface area contributed by atoms with Gasteiger partial charge in [0, 0.05) is 6.54 Å². The van der Waals surface area contributed by atoms with Gasteiger partial charge in [0.25, 0.3) is 5.91 Å². The van der Waals surface area contributed by atoms with Crippen LogP contribution in [0.3, 0.4) is 0 Å². The zero-order valence-electron chi connectivity index (χ0n) is 9.85. The normalized spacial score (nSPS) is 10.1. The van der Waals surface area contributed by atoms with Gasteiger partial charge in [0.15, 0.2) is 0 Å². The molecule has 0 spiro atoms. The average Bonchev–Trinajstić information content (AvgIpc) is 2.89. The minimum atomic E-state index is -0.271. The zero-order chi connectivity index (χ0) is 13.2. The molecule has 0 saturated carbocycles. The van der Waals surface area contributed by atoms with Crippen LogP contribution in [-0.2, 0) is 9.53 Å². The van der Waals surface area contributed by atoms with Crippen LogP contribution in [0.15, 0.2) is 17.5 Å². The van der Waals surface area contributed by atoms with Gasteiger partial charge >= 0.3 is 0 Å². The molecule has 3 N–H and O–H groups in total. The smallest absolute Gasteiger partial charge is 0.261 e. The van der Waals surface area contributed by atoms with Crippen molar-refractivity contribution in [1.29, 1.82) is 0 Å². The van der Waals surface area contributed by atoms with Crippen molar-refractivity contribution < 1.29 is 19.4 Å². The summed E-state index contributed by atoms with van der Waals surface area (Å²) in [7, 11) is 0. The molecule has 0 fully saturated rings. The van der Waals surface area contributed by atoms with E-state index in [1.165, 1.54) is 11.3 Å². The molecule has 0 saturated heterocycles. The number of aliphatic hydroxyl groups is 1. The highest BCUT2D eigenvalue weighted by molar-refractivity contribution is 7.12. The third kappa shape index (κ3) is 5.76. The summed E-state index contributed by atoms with van der Waals surface area (Å²) >= 11 is 1.32. The Morgan fingerprint density at radius 1 is 1.33 bits per heavy atom. The lowest BCUT2D eigenvalue weighted by Gasteiger charge is -2.06. The van der Waals surface area contributed by atoms with Crippen LogP contribution in [0.25, 0.3) is 0 Å². The Hall–Kier alpha value is -1.44. The number of hydrogen-bond acceptors (Lipinski definition) is 5. The molecule has 2 amide bonds. The van der Waals surface area contributed by atoms with Crippen LogP contribution in [0.5, 0.6) is 0 Å². The predicted octanol–water partition coefficient (Wildman–Crippen LogP) is -0.397. The Bertz CT molecular complexity index is 367. The molecular formula is C11H16N2O4S. The minimum Gasteiger partial charge on any atom is -0.394 e. The molecule has 0 aliphatic carbocycles. The third-order valence-electron chi connectivity index (χ3n) is 1.96. The molecule has 7 heteroatoms. The van der Waals surface area contributed by atoms with Crippen LogP contribution in [0.4, 0.5) is 0 Å². The molecule has 18 heavy (non-hydrogen) atoms. The number of ether oxygens (including phenoxy) is 1. The maximum atomic E-state index is 11.5. The summed E-state index contributed by atoms with van der Waals surface area (Å²) in [5, 5.41) is 15.4. The van der Waals surface area contributed by atoms with E-state index in [-0.39, 0.29) is 31.6 Å². The van der Waals surface area contributed by atoms with Gasteiger partial charge in [0.1, 0.15) is 0 Å². The average molecular weight is 272 g/mol. The summed E-state index contributed by atoms with van der Waals surface area (Å²) in [6.45, 7) is 0.853. The second-order valence-corrected chi connectivity index (χ2v) is 4.29. The Labute approximate surface area is 109 Å². The van der Waals surface area contributed by atoms with Gasteiger partial charge < -0.3 is 20.5 Å². The number of carbonyl (C=O) groups excluding carboxylic acids is 2. The summed E-state index contributed by atoms with van der Waals surface area (Å²) in [4.78, 5) is 23.4. The molecule has 1 aromatic heterocycles. The second kappa shape index (κ2) is 8.62. The van der Waals surface area contributed by atoms with Crippen LogP contribution in [0.2, 0.25) is 0 Å². The van der Waals surface area contributed by atoms with E-state index in [0.717, 1.165) is 0 Å². The van der Waals surface area contributed by atoms with E-state index < -0.39 is 0 Å². The van der Waals surface area contributed by atoms with E-state index >= 15 is 0 Å². The van der Waals surface area contributed by atoms with Crippen molar-refractivity contribution >= 4 is 23.2 Å². The van der Waals surface area contributed by atoms with Crippen molar-refractivity contribution in [2.45, 2.75) is 0 Å². The standard InChI is InChI=1S/C11H16N2O4S/c14-4-6-17-5-3-12-10(15)8-13-11(16)9-2-1-7-18-9/h1-2,7,14H,3-6,8H2,(H,12,15)(H,13,16). The van der Waals surface area contributed by atoms with Crippen LogP contribution < -0.4 is 10.6 Å². The molecule has 6 nitrogen and oxygen atoms in total. The van der Waals surface area contributed by atoms with Crippen molar-refractivity contribution in [1.82, 2.24) is 10.6 Å². The number of nitrogens with one attached hydrogen (secondary N) is 2. The second-order valence-electron chi connectivity index (χ2n) is 3.35. The van der Waals surface area contributed by atoms with Crippen molar-refractivity contribution in [3.63, 3.8) is 0 Å². The fourth-order valence-corrected chi connectivity index (χ4v) is 1.79. The summed E-state index contributed by atoms with van der Waals surface area (Å²) < 4.78 is 4.97. The predicted molar refractivity (Wildman–Crippen MR) is 67.6 cm³/mol. The number of amides is 2. The number of hydrogen-bond donors (Lipinski definition) is 3. The van der Waals surface area contributed by atoms with Crippen LogP contribution >= 0.6 is 11.3 Å². The molecule has 0 aliphatic heterocycles. The molecule has 0 atom stereocenters. The maximum Gasteiger partial charge on any atom is 0.261 e. The molecule has 0 bridgehead atoms. The lowest BCUT2D eigenvalue weighted by molar-refractivity contribution is -0.120. The van der Waals surface area contributed by atoms with E-state index in [1.807, 2.05) is 0 Å². The number of rotatable bonds is 8. The van der Waals surface area contributed by atoms with Gasteiger partial charge in [0.2, 0.25) is 5.91 Å². The Balaban J connectivity index is 2.08. The monoisotopic (exact) mass is 272 g/mol. The van der Waals surface area contributed by atoms with E-state index in [0.29, 0.717) is 18.0 Å². The highest BCUT2D eigenvalue weighted by Gasteiger charge is 2.07. The first-order valence-electron chi connectivity index (χ1n) is 5.51.